The molecule has 20 heavy (non-hydrogen) atoms. The predicted octanol–water partition coefficient (Wildman–Crippen LogP) is 0.860. The molecule has 0 saturated carbocycles. The third-order valence-corrected chi connectivity index (χ3v) is 3.25. The van der Waals surface area contributed by atoms with Gasteiger partial charge in [0.1, 0.15) is 6.42 Å². The zero-order valence-electron chi connectivity index (χ0n) is 11.7. The lowest BCUT2D eigenvalue weighted by Gasteiger charge is -2.26. The van der Waals surface area contributed by atoms with Crippen LogP contribution in [0.2, 0.25) is 0 Å². The number of hydrogen-bond donors (Lipinski definition) is 1. The van der Waals surface area contributed by atoms with E-state index < -0.39 is 0 Å². The van der Waals surface area contributed by atoms with Gasteiger partial charge in [-0.1, -0.05) is 29.8 Å². The normalized spacial score (nSPS) is 14.9. The summed E-state index contributed by atoms with van der Waals surface area (Å²) in [7, 11) is 0. The Balaban J connectivity index is 1.76. The second-order valence-corrected chi connectivity index (χ2v) is 4.94. The van der Waals surface area contributed by atoms with Crippen molar-refractivity contribution in [2.45, 2.75) is 19.9 Å². The van der Waals surface area contributed by atoms with Gasteiger partial charge in [-0.15, -0.1) is 0 Å². The zero-order chi connectivity index (χ0) is 14.4. The summed E-state index contributed by atoms with van der Waals surface area (Å²) in [5.74, 6) is -0.363. The highest BCUT2D eigenvalue weighted by atomic mass is 16.5. The third-order valence-electron chi connectivity index (χ3n) is 3.25. The van der Waals surface area contributed by atoms with Gasteiger partial charge in [0.2, 0.25) is 11.8 Å². The first-order valence-electron chi connectivity index (χ1n) is 6.83. The number of morpholine rings is 1. The van der Waals surface area contributed by atoms with Crippen molar-refractivity contribution in [3.8, 4) is 0 Å². The molecule has 0 radical (unpaired) electrons. The van der Waals surface area contributed by atoms with Gasteiger partial charge >= 0.3 is 0 Å². The SMILES string of the molecule is Cc1cccc(CNC(=O)CC(=O)N2CCOCC2)c1. The van der Waals surface area contributed by atoms with Gasteiger partial charge in [-0.05, 0) is 12.5 Å². The Hall–Kier alpha value is -1.88. The predicted molar refractivity (Wildman–Crippen MR) is 75.0 cm³/mol. The molecule has 1 aliphatic heterocycles. The molecule has 0 unspecified atom stereocenters. The van der Waals surface area contributed by atoms with Gasteiger partial charge in [0.25, 0.3) is 0 Å². The average molecular weight is 276 g/mol. The van der Waals surface area contributed by atoms with Gasteiger partial charge < -0.3 is 15.0 Å². The first kappa shape index (κ1) is 14.5. The fourth-order valence-corrected chi connectivity index (χ4v) is 2.15. The molecule has 0 atom stereocenters. The summed E-state index contributed by atoms with van der Waals surface area (Å²) in [6.45, 7) is 4.71. The molecule has 1 aliphatic rings. The molecule has 1 aromatic rings. The number of aryl methyl sites for hydroxylation is 1. The number of carbonyl (C=O) groups excluding carboxylic acids is 2. The standard InChI is InChI=1S/C15H20N2O3/c1-12-3-2-4-13(9-12)11-16-14(18)10-15(19)17-5-7-20-8-6-17/h2-4,9H,5-8,10-11H2,1H3,(H,16,18). The summed E-state index contributed by atoms with van der Waals surface area (Å²) in [6, 6.07) is 7.93. The van der Waals surface area contributed by atoms with Crippen molar-refractivity contribution in [2.24, 2.45) is 0 Å². The number of amides is 2. The maximum absolute atomic E-state index is 11.9. The largest absolute Gasteiger partial charge is 0.378 e. The molecule has 0 aromatic heterocycles. The number of rotatable bonds is 4. The van der Waals surface area contributed by atoms with Crippen molar-refractivity contribution in [2.75, 3.05) is 26.3 Å². The maximum atomic E-state index is 11.9. The van der Waals surface area contributed by atoms with Gasteiger partial charge in [-0.3, -0.25) is 9.59 Å². The van der Waals surface area contributed by atoms with Gasteiger partial charge in [0.05, 0.1) is 13.2 Å². The molecule has 1 heterocycles. The molecule has 2 amide bonds. The number of ether oxygens (including phenoxy) is 1. The van der Waals surface area contributed by atoms with Crippen LogP contribution < -0.4 is 5.32 Å². The number of carbonyl (C=O) groups is 2. The van der Waals surface area contributed by atoms with E-state index in [1.54, 1.807) is 4.90 Å². The molecule has 0 bridgehead atoms. The molecular formula is C15H20N2O3. The Bertz CT molecular complexity index is 482. The second-order valence-electron chi connectivity index (χ2n) is 4.94. The topological polar surface area (TPSA) is 58.6 Å². The van der Waals surface area contributed by atoms with E-state index >= 15 is 0 Å². The first-order chi connectivity index (χ1) is 9.65. The first-order valence-corrected chi connectivity index (χ1v) is 6.83. The van der Waals surface area contributed by atoms with Gasteiger partial charge in [-0.2, -0.15) is 0 Å². The van der Waals surface area contributed by atoms with Crippen LogP contribution >= 0.6 is 0 Å². The number of benzene rings is 1. The molecule has 0 spiro atoms. The molecule has 5 heteroatoms. The summed E-state index contributed by atoms with van der Waals surface area (Å²) in [6.07, 6.45) is -0.0915. The van der Waals surface area contributed by atoms with Crippen LogP contribution in [0.4, 0.5) is 0 Å². The molecule has 1 N–H and O–H groups in total. The Kier molecular flexibility index (Phi) is 5.12. The Morgan fingerprint density at radius 1 is 1.30 bits per heavy atom. The quantitative estimate of drug-likeness (QED) is 0.830. The van der Waals surface area contributed by atoms with Crippen LogP contribution in [0.3, 0.4) is 0 Å². The highest BCUT2D eigenvalue weighted by Crippen LogP contribution is 2.04. The smallest absolute Gasteiger partial charge is 0.232 e. The summed E-state index contributed by atoms with van der Waals surface area (Å²) in [5.41, 5.74) is 2.19. The van der Waals surface area contributed by atoms with Crippen LogP contribution in [0.5, 0.6) is 0 Å². The summed E-state index contributed by atoms with van der Waals surface area (Å²) in [5, 5.41) is 2.78. The van der Waals surface area contributed by atoms with E-state index in [9.17, 15) is 9.59 Å². The number of nitrogens with zero attached hydrogens (tertiary/aromatic N) is 1. The van der Waals surface area contributed by atoms with Crippen LogP contribution in [0.25, 0.3) is 0 Å². The highest BCUT2D eigenvalue weighted by molar-refractivity contribution is 5.96. The minimum Gasteiger partial charge on any atom is -0.378 e. The minimum absolute atomic E-state index is 0.0915. The fourth-order valence-electron chi connectivity index (χ4n) is 2.15. The molecule has 0 aliphatic carbocycles. The van der Waals surface area contributed by atoms with Crippen molar-refractivity contribution in [3.63, 3.8) is 0 Å². The van der Waals surface area contributed by atoms with E-state index in [1.807, 2.05) is 31.2 Å². The van der Waals surface area contributed by atoms with E-state index in [0.717, 1.165) is 11.1 Å². The lowest BCUT2D eigenvalue weighted by atomic mass is 10.1. The Labute approximate surface area is 118 Å². The van der Waals surface area contributed by atoms with Gasteiger partial charge in [-0.25, -0.2) is 0 Å². The molecule has 1 fully saturated rings. The second kappa shape index (κ2) is 7.05. The van der Waals surface area contributed by atoms with Crippen molar-refractivity contribution in [3.05, 3.63) is 35.4 Å². The molecule has 2 rings (SSSR count). The fraction of sp³-hybridized carbons (Fsp3) is 0.467. The van der Waals surface area contributed by atoms with Crippen LogP contribution in [0, 0.1) is 6.92 Å². The minimum atomic E-state index is -0.233. The van der Waals surface area contributed by atoms with Gasteiger partial charge in [0.15, 0.2) is 0 Å². The summed E-state index contributed by atoms with van der Waals surface area (Å²) < 4.78 is 5.18. The van der Waals surface area contributed by atoms with Crippen molar-refractivity contribution < 1.29 is 14.3 Å². The lowest BCUT2D eigenvalue weighted by Crippen LogP contribution is -2.42. The van der Waals surface area contributed by atoms with E-state index in [1.165, 1.54) is 0 Å². The van der Waals surface area contributed by atoms with E-state index in [0.29, 0.717) is 32.8 Å². The molecule has 1 aromatic carbocycles. The van der Waals surface area contributed by atoms with Crippen LogP contribution in [0.15, 0.2) is 24.3 Å². The van der Waals surface area contributed by atoms with Crippen LogP contribution in [0.1, 0.15) is 17.5 Å². The van der Waals surface area contributed by atoms with Crippen molar-refractivity contribution in [1.82, 2.24) is 10.2 Å². The average Bonchev–Trinajstić information content (AvgIpc) is 2.46. The lowest BCUT2D eigenvalue weighted by molar-refractivity contribution is -0.139. The number of hydrogen-bond acceptors (Lipinski definition) is 3. The summed E-state index contributed by atoms with van der Waals surface area (Å²) >= 11 is 0. The molecule has 108 valence electrons. The number of nitrogens with one attached hydrogen (secondary N) is 1. The summed E-state index contributed by atoms with van der Waals surface area (Å²) in [4.78, 5) is 25.3. The highest BCUT2D eigenvalue weighted by Gasteiger charge is 2.19. The Morgan fingerprint density at radius 3 is 2.75 bits per heavy atom. The van der Waals surface area contributed by atoms with Crippen molar-refractivity contribution in [1.29, 1.82) is 0 Å². The maximum Gasteiger partial charge on any atom is 0.232 e. The third kappa shape index (κ3) is 4.35. The molecular weight excluding hydrogens is 256 g/mol. The van der Waals surface area contributed by atoms with Crippen molar-refractivity contribution >= 4 is 11.8 Å². The Morgan fingerprint density at radius 2 is 2.05 bits per heavy atom. The zero-order valence-corrected chi connectivity index (χ0v) is 11.7. The van der Waals surface area contributed by atoms with Crippen LogP contribution in [-0.4, -0.2) is 43.0 Å². The monoisotopic (exact) mass is 276 g/mol. The van der Waals surface area contributed by atoms with E-state index in [4.69, 9.17) is 4.74 Å². The van der Waals surface area contributed by atoms with E-state index in [-0.39, 0.29) is 18.2 Å². The molecule has 1 saturated heterocycles. The van der Waals surface area contributed by atoms with Gasteiger partial charge in [0, 0.05) is 19.6 Å². The molecule has 5 nitrogen and oxygen atoms in total. The van der Waals surface area contributed by atoms with Crippen LogP contribution in [-0.2, 0) is 20.9 Å². The van der Waals surface area contributed by atoms with E-state index in [2.05, 4.69) is 5.32 Å².